The molecule has 0 radical (unpaired) electrons. The van der Waals surface area contributed by atoms with Crippen molar-refractivity contribution in [3.63, 3.8) is 0 Å². The number of thioether (sulfide) groups is 1. The SMILES string of the molecule is CC1Cc2cccc(CCON)c2S1. The minimum atomic E-state index is 0.603. The largest absolute Gasteiger partial charge is 0.304 e. The van der Waals surface area contributed by atoms with Gasteiger partial charge in [-0.3, -0.25) is 0 Å². The molecule has 0 spiro atoms. The lowest BCUT2D eigenvalue weighted by molar-refractivity contribution is 0.141. The predicted octanol–water partition coefficient (Wildman–Crippen LogP) is 2.16. The summed E-state index contributed by atoms with van der Waals surface area (Å²) in [6.45, 7) is 2.87. The lowest BCUT2D eigenvalue weighted by Crippen LogP contribution is -2.04. The van der Waals surface area contributed by atoms with E-state index in [1.807, 2.05) is 11.8 Å². The van der Waals surface area contributed by atoms with E-state index < -0.39 is 0 Å². The highest BCUT2D eigenvalue weighted by molar-refractivity contribution is 8.00. The number of benzene rings is 1. The summed E-state index contributed by atoms with van der Waals surface area (Å²) in [4.78, 5) is 6.08. The first kappa shape index (κ1) is 10.0. The zero-order valence-electron chi connectivity index (χ0n) is 8.32. The molecule has 14 heavy (non-hydrogen) atoms. The maximum absolute atomic E-state index is 5.04. The molecule has 1 aromatic rings. The summed E-state index contributed by atoms with van der Waals surface area (Å²) in [5.41, 5.74) is 2.86. The second-order valence-electron chi connectivity index (χ2n) is 3.66. The van der Waals surface area contributed by atoms with Crippen molar-refractivity contribution in [2.45, 2.75) is 29.9 Å². The first-order valence-electron chi connectivity index (χ1n) is 4.90. The Labute approximate surface area is 88.8 Å². The van der Waals surface area contributed by atoms with Crippen LogP contribution in [-0.2, 0) is 17.7 Å². The smallest absolute Gasteiger partial charge is 0.0720 e. The van der Waals surface area contributed by atoms with Gasteiger partial charge in [-0.05, 0) is 24.0 Å². The van der Waals surface area contributed by atoms with Crippen LogP contribution in [0, 0.1) is 0 Å². The fourth-order valence-corrected chi connectivity index (χ4v) is 3.16. The van der Waals surface area contributed by atoms with Gasteiger partial charge in [-0.2, -0.15) is 0 Å². The number of hydrogen-bond acceptors (Lipinski definition) is 3. The van der Waals surface area contributed by atoms with Crippen LogP contribution in [-0.4, -0.2) is 11.9 Å². The summed E-state index contributed by atoms with van der Waals surface area (Å²) in [5, 5.41) is 0.713. The fraction of sp³-hybridized carbons (Fsp3) is 0.455. The quantitative estimate of drug-likeness (QED) is 0.775. The average molecular weight is 209 g/mol. The molecule has 76 valence electrons. The molecule has 1 atom stereocenters. The number of hydrogen-bond donors (Lipinski definition) is 1. The highest BCUT2D eigenvalue weighted by Gasteiger charge is 2.20. The minimum Gasteiger partial charge on any atom is -0.304 e. The summed E-state index contributed by atoms with van der Waals surface area (Å²) >= 11 is 1.97. The molecule has 1 aliphatic rings. The van der Waals surface area contributed by atoms with Gasteiger partial charge in [0.05, 0.1) is 6.61 Å². The van der Waals surface area contributed by atoms with Crippen LogP contribution in [0.1, 0.15) is 18.1 Å². The predicted molar refractivity (Wildman–Crippen MR) is 59.3 cm³/mol. The highest BCUT2D eigenvalue weighted by atomic mass is 32.2. The maximum Gasteiger partial charge on any atom is 0.0720 e. The van der Waals surface area contributed by atoms with Crippen LogP contribution < -0.4 is 5.90 Å². The van der Waals surface area contributed by atoms with Crippen molar-refractivity contribution in [1.82, 2.24) is 0 Å². The first-order chi connectivity index (χ1) is 6.81. The summed E-state index contributed by atoms with van der Waals surface area (Å²) < 4.78 is 0. The molecule has 1 aromatic carbocycles. The van der Waals surface area contributed by atoms with Gasteiger partial charge in [-0.25, -0.2) is 5.90 Å². The van der Waals surface area contributed by atoms with E-state index in [9.17, 15) is 0 Å². The molecule has 1 aliphatic heterocycles. The van der Waals surface area contributed by atoms with Crippen molar-refractivity contribution in [3.05, 3.63) is 29.3 Å². The number of fused-ring (bicyclic) bond motifs is 1. The van der Waals surface area contributed by atoms with E-state index in [0.29, 0.717) is 11.9 Å². The van der Waals surface area contributed by atoms with Gasteiger partial charge >= 0.3 is 0 Å². The fourth-order valence-electron chi connectivity index (χ4n) is 1.87. The first-order valence-corrected chi connectivity index (χ1v) is 5.78. The third kappa shape index (κ3) is 1.95. The van der Waals surface area contributed by atoms with Crippen molar-refractivity contribution >= 4 is 11.8 Å². The Morgan fingerprint density at radius 2 is 2.43 bits per heavy atom. The zero-order valence-corrected chi connectivity index (χ0v) is 9.14. The van der Waals surface area contributed by atoms with Gasteiger partial charge in [-0.15, -0.1) is 11.8 Å². The Hall–Kier alpha value is -0.510. The van der Waals surface area contributed by atoms with Crippen molar-refractivity contribution in [2.75, 3.05) is 6.61 Å². The Bertz CT molecular complexity index is 327. The molecule has 0 aromatic heterocycles. The molecule has 2 rings (SSSR count). The van der Waals surface area contributed by atoms with E-state index in [1.165, 1.54) is 22.4 Å². The van der Waals surface area contributed by atoms with E-state index >= 15 is 0 Å². The molecule has 1 unspecified atom stereocenters. The van der Waals surface area contributed by atoms with E-state index in [4.69, 9.17) is 5.90 Å². The van der Waals surface area contributed by atoms with Gasteiger partial charge in [0.15, 0.2) is 0 Å². The summed E-state index contributed by atoms with van der Waals surface area (Å²) in [7, 11) is 0. The van der Waals surface area contributed by atoms with Crippen LogP contribution in [0.5, 0.6) is 0 Å². The molecule has 1 heterocycles. The van der Waals surface area contributed by atoms with E-state index in [-0.39, 0.29) is 0 Å². The van der Waals surface area contributed by atoms with Crippen LogP contribution in [0.3, 0.4) is 0 Å². The molecule has 2 N–H and O–H groups in total. The van der Waals surface area contributed by atoms with Gasteiger partial charge in [0.25, 0.3) is 0 Å². The minimum absolute atomic E-state index is 0.603. The standard InChI is InChI=1S/C11H15NOS/c1-8-7-10-4-2-3-9(5-6-13-12)11(10)14-8/h2-4,8H,5-7,12H2,1H3. The summed E-state index contributed by atoms with van der Waals surface area (Å²) in [6.07, 6.45) is 2.11. The van der Waals surface area contributed by atoms with E-state index in [1.54, 1.807) is 0 Å². The second kappa shape index (κ2) is 4.34. The third-order valence-electron chi connectivity index (χ3n) is 2.49. The van der Waals surface area contributed by atoms with Crippen LogP contribution in [0.25, 0.3) is 0 Å². The number of nitrogens with two attached hydrogens (primary N) is 1. The third-order valence-corrected chi connectivity index (χ3v) is 3.82. The van der Waals surface area contributed by atoms with Crippen molar-refractivity contribution in [1.29, 1.82) is 0 Å². The lowest BCUT2D eigenvalue weighted by Gasteiger charge is -2.06. The molecule has 3 heteroatoms. The topological polar surface area (TPSA) is 35.2 Å². The second-order valence-corrected chi connectivity index (χ2v) is 5.11. The van der Waals surface area contributed by atoms with Gasteiger partial charge in [0, 0.05) is 10.1 Å². The van der Waals surface area contributed by atoms with E-state index in [2.05, 4.69) is 30.0 Å². The summed E-state index contributed by atoms with van der Waals surface area (Å²) in [5.74, 6) is 5.04. The molecular formula is C11H15NOS. The van der Waals surface area contributed by atoms with Crippen molar-refractivity contribution < 1.29 is 4.84 Å². The highest BCUT2D eigenvalue weighted by Crippen LogP contribution is 2.39. The molecule has 0 amide bonds. The molecule has 0 saturated carbocycles. The molecule has 0 aliphatic carbocycles. The lowest BCUT2D eigenvalue weighted by atomic mass is 10.1. The molecule has 2 nitrogen and oxygen atoms in total. The van der Waals surface area contributed by atoms with Gasteiger partial charge < -0.3 is 4.84 Å². The molecule has 0 saturated heterocycles. The summed E-state index contributed by atoms with van der Waals surface area (Å²) in [6, 6.07) is 6.52. The molecular weight excluding hydrogens is 194 g/mol. The Morgan fingerprint density at radius 1 is 1.57 bits per heavy atom. The normalized spacial score (nSPS) is 19.7. The molecule has 0 fully saturated rings. The van der Waals surface area contributed by atoms with Crippen LogP contribution in [0.15, 0.2) is 23.1 Å². The van der Waals surface area contributed by atoms with Crippen molar-refractivity contribution in [3.8, 4) is 0 Å². The van der Waals surface area contributed by atoms with Gasteiger partial charge in [0.2, 0.25) is 0 Å². The van der Waals surface area contributed by atoms with Gasteiger partial charge in [-0.1, -0.05) is 25.1 Å². The monoisotopic (exact) mass is 209 g/mol. The van der Waals surface area contributed by atoms with Crippen LogP contribution in [0.4, 0.5) is 0 Å². The Kier molecular flexibility index (Phi) is 3.11. The maximum atomic E-state index is 5.04. The Morgan fingerprint density at radius 3 is 3.21 bits per heavy atom. The van der Waals surface area contributed by atoms with Crippen molar-refractivity contribution in [2.24, 2.45) is 5.90 Å². The van der Waals surface area contributed by atoms with Crippen LogP contribution >= 0.6 is 11.8 Å². The molecule has 0 bridgehead atoms. The Balaban J connectivity index is 2.21. The van der Waals surface area contributed by atoms with Gasteiger partial charge in [0.1, 0.15) is 0 Å². The average Bonchev–Trinajstić information content (AvgIpc) is 2.55. The van der Waals surface area contributed by atoms with E-state index in [0.717, 1.165) is 6.42 Å². The zero-order chi connectivity index (χ0) is 9.97. The number of rotatable bonds is 3. The van der Waals surface area contributed by atoms with Crippen LogP contribution in [0.2, 0.25) is 0 Å².